The smallest absolute Gasteiger partial charge is 0.251 e. The maximum Gasteiger partial charge on any atom is 0.251 e. The van der Waals surface area contributed by atoms with E-state index >= 15 is 0 Å². The molecule has 0 saturated heterocycles. The molecule has 96 valence electrons. The van der Waals surface area contributed by atoms with E-state index in [1.807, 2.05) is 13.8 Å². The molecule has 1 atom stereocenters. The number of benzene rings is 1. The molecule has 0 heterocycles. The summed E-state index contributed by atoms with van der Waals surface area (Å²) in [5.41, 5.74) is 6.43. The number of nitrogens with two attached hydrogens (primary N) is 1. The van der Waals surface area contributed by atoms with E-state index in [9.17, 15) is 4.79 Å². The fraction of sp³-hybridized carbons (Fsp3) is 0.417. The zero-order valence-electron chi connectivity index (χ0n) is 9.94. The van der Waals surface area contributed by atoms with E-state index in [0.717, 1.165) is 0 Å². The first-order valence-electron chi connectivity index (χ1n) is 5.30. The van der Waals surface area contributed by atoms with Gasteiger partial charge in [0.25, 0.3) is 5.91 Å². The van der Waals surface area contributed by atoms with E-state index < -0.39 is 0 Å². The van der Waals surface area contributed by atoms with Crippen LogP contribution in [0.25, 0.3) is 0 Å². The van der Waals surface area contributed by atoms with Crippen molar-refractivity contribution in [3.63, 3.8) is 0 Å². The number of rotatable bonds is 4. The minimum atomic E-state index is -0.118. The lowest BCUT2D eigenvalue weighted by Crippen LogP contribution is -2.40. The first-order valence-corrected chi connectivity index (χ1v) is 5.68. The van der Waals surface area contributed by atoms with Crippen LogP contribution >= 0.6 is 24.0 Å². The van der Waals surface area contributed by atoms with Crippen LogP contribution in [0.1, 0.15) is 24.2 Å². The molecule has 17 heavy (non-hydrogen) atoms. The second kappa shape index (κ2) is 7.54. The van der Waals surface area contributed by atoms with Crippen molar-refractivity contribution in [3.05, 3.63) is 34.9 Å². The van der Waals surface area contributed by atoms with Gasteiger partial charge in [-0.15, -0.1) is 12.4 Å². The maximum atomic E-state index is 11.7. The Bertz CT molecular complexity index is 352. The van der Waals surface area contributed by atoms with E-state index in [-0.39, 0.29) is 24.4 Å². The van der Waals surface area contributed by atoms with Gasteiger partial charge < -0.3 is 11.1 Å². The summed E-state index contributed by atoms with van der Waals surface area (Å²) in [6.45, 7) is 4.54. The van der Waals surface area contributed by atoms with E-state index in [0.29, 0.717) is 23.0 Å². The molecule has 3 N–H and O–H groups in total. The zero-order chi connectivity index (χ0) is 12.1. The van der Waals surface area contributed by atoms with Crippen molar-refractivity contribution >= 4 is 29.9 Å². The molecule has 5 heteroatoms. The minimum absolute atomic E-state index is 0. The topological polar surface area (TPSA) is 55.1 Å². The highest BCUT2D eigenvalue weighted by molar-refractivity contribution is 6.30. The van der Waals surface area contributed by atoms with E-state index in [2.05, 4.69) is 5.32 Å². The first kappa shape index (κ1) is 16.2. The third-order valence-electron chi connectivity index (χ3n) is 2.46. The molecule has 1 amide bonds. The Kier molecular flexibility index (Phi) is 7.19. The monoisotopic (exact) mass is 276 g/mol. The number of carbonyl (C=O) groups excluding carboxylic acids is 1. The average Bonchev–Trinajstić information content (AvgIpc) is 2.26. The third-order valence-corrected chi connectivity index (χ3v) is 2.71. The van der Waals surface area contributed by atoms with Crippen molar-refractivity contribution in [1.29, 1.82) is 0 Å². The van der Waals surface area contributed by atoms with Gasteiger partial charge in [0.2, 0.25) is 0 Å². The molecule has 0 aliphatic heterocycles. The summed E-state index contributed by atoms with van der Waals surface area (Å²) in [5, 5.41) is 3.41. The van der Waals surface area contributed by atoms with Gasteiger partial charge in [-0.2, -0.15) is 0 Å². The van der Waals surface area contributed by atoms with Crippen LogP contribution in [0, 0.1) is 5.92 Å². The standard InChI is InChI=1S/C12H17ClN2O.ClH/c1-8(2)11(14)7-15-12(16)9-3-5-10(13)6-4-9;/h3-6,8,11H,7,14H2,1-2H3,(H,15,16);1H/t11-;/m0./s1. The van der Waals surface area contributed by atoms with Crippen LogP contribution in [0.5, 0.6) is 0 Å². The molecule has 0 fully saturated rings. The fourth-order valence-corrected chi connectivity index (χ4v) is 1.28. The van der Waals surface area contributed by atoms with Gasteiger partial charge in [0, 0.05) is 23.2 Å². The zero-order valence-corrected chi connectivity index (χ0v) is 11.5. The molecule has 0 aliphatic carbocycles. The Morgan fingerprint density at radius 2 is 1.88 bits per heavy atom. The molecule has 0 unspecified atom stereocenters. The maximum absolute atomic E-state index is 11.7. The Morgan fingerprint density at radius 3 is 2.35 bits per heavy atom. The number of hydrogen-bond donors (Lipinski definition) is 2. The molecule has 1 aromatic rings. The van der Waals surface area contributed by atoms with Gasteiger partial charge in [-0.05, 0) is 30.2 Å². The van der Waals surface area contributed by atoms with Gasteiger partial charge in [0.15, 0.2) is 0 Å². The van der Waals surface area contributed by atoms with E-state index in [1.165, 1.54) is 0 Å². The van der Waals surface area contributed by atoms with Crippen molar-refractivity contribution in [1.82, 2.24) is 5.32 Å². The average molecular weight is 277 g/mol. The summed E-state index contributed by atoms with van der Waals surface area (Å²) in [6.07, 6.45) is 0. The van der Waals surface area contributed by atoms with Crippen LogP contribution < -0.4 is 11.1 Å². The second-order valence-electron chi connectivity index (χ2n) is 4.12. The highest BCUT2D eigenvalue weighted by Gasteiger charge is 2.10. The SMILES string of the molecule is CC(C)[C@@H](N)CNC(=O)c1ccc(Cl)cc1.Cl. The molecular formula is C12H18Cl2N2O. The number of carbonyl (C=O) groups is 1. The summed E-state index contributed by atoms with van der Waals surface area (Å²) in [4.78, 5) is 11.7. The Morgan fingerprint density at radius 1 is 1.35 bits per heavy atom. The highest BCUT2D eigenvalue weighted by Crippen LogP contribution is 2.09. The molecule has 0 spiro atoms. The molecule has 0 aromatic heterocycles. The molecule has 3 nitrogen and oxygen atoms in total. The molecule has 0 aliphatic rings. The van der Waals surface area contributed by atoms with Gasteiger partial charge in [0.1, 0.15) is 0 Å². The summed E-state index contributed by atoms with van der Waals surface area (Å²) < 4.78 is 0. The number of nitrogens with one attached hydrogen (secondary N) is 1. The minimum Gasteiger partial charge on any atom is -0.350 e. The van der Waals surface area contributed by atoms with Crippen molar-refractivity contribution in [3.8, 4) is 0 Å². The predicted octanol–water partition coefficient (Wildman–Crippen LogP) is 2.47. The first-order chi connectivity index (χ1) is 7.50. The second-order valence-corrected chi connectivity index (χ2v) is 4.56. The van der Waals surface area contributed by atoms with Crippen molar-refractivity contribution in [2.24, 2.45) is 11.7 Å². The summed E-state index contributed by atoms with van der Waals surface area (Å²) in [7, 11) is 0. The number of hydrogen-bond acceptors (Lipinski definition) is 2. The molecule has 0 radical (unpaired) electrons. The molecule has 0 saturated carbocycles. The van der Waals surface area contributed by atoms with Crippen molar-refractivity contribution in [2.45, 2.75) is 19.9 Å². The van der Waals surface area contributed by atoms with Crippen LogP contribution in [0.4, 0.5) is 0 Å². The lowest BCUT2D eigenvalue weighted by atomic mass is 10.1. The largest absolute Gasteiger partial charge is 0.350 e. The molecule has 0 bridgehead atoms. The van der Waals surface area contributed by atoms with Crippen LogP contribution in [0.3, 0.4) is 0 Å². The predicted molar refractivity (Wildman–Crippen MR) is 73.8 cm³/mol. The van der Waals surface area contributed by atoms with Crippen molar-refractivity contribution in [2.75, 3.05) is 6.54 Å². The Hall–Kier alpha value is -0.770. The van der Waals surface area contributed by atoms with Gasteiger partial charge in [-0.25, -0.2) is 0 Å². The normalized spacial score (nSPS) is 11.8. The Balaban J connectivity index is 0.00000256. The summed E-state index contributed by atoms with van der Waals surface area (Å²) in [5.74, 6) is 0.235. The summed E-state index contributed by atoms with van der Waals surface area (Å²) in [6, 6.07) is 6.76. The third kappa shape index (κ3) is 5.39. The lowest BCUT2D eigenvalue weighted by molar-refractivity contribution is 0.0949. The van der Waals surface area contributed by atoms with Gasteiger partial charge in [0.05, 0.1) is 0 Å². The van der Waals surface area contributed by atoms with Crippen LogP contribution in [0.2, 0.25) is 5.02 Å². The van der Waals surface area contributed by atoms with Crippen LogP contribution in [-0.2, 0) is 0 Å². The van der Waals surface area contributed by atoms with Crippen LogP contribution in [0.15, 0.2) is 24.3 Å². The van der Waals surface area contributed by atoms with Gasteiger partial charge >= 0.3 is 0 Å². The fourth-order valence-electron chi connectivity index (χ4n) is 1.15. The molecular weight excluding hydrogens is 259 g/mol. The molecule has 1 aromatic carbocycles. The number of amides is 1. The number of halogens is 2. The van der Waals surface area contributed by atoms with E-state index in [1.54, 1.807) is 24.3 Å². The lowest BCUT2D eigenvalue weighted by Gasteiger charge is -2.16. The van der Waals surface area contributed by atoms with Crippen LogP contribution in [-0.4, -0.2) is 18.5 Å². The summed E-state index contributed by atoms with van der Waals surface area (Å²) >= 11 is 5.73. The van der Waals surface area contributed by atoms with Gasteiger partial charge in [-0.1, -0.05) is 25.4 Å². The van der Waals surface area contributed by atoms with Gasteiger partial charge in [-0.3, -0.25) is 4.79 Å². The highest BCUT2D eigenvalue weighted by atomic mass is 35.5. The molecule has 1 rings (SSSR count). The van der Waals surface area contributed by atoms with E-state index in [4.69, 9.17) is 17.3 Å². The quantitative estimate of drug-likeness (QED) is 0.888. The van der Waals surface area contributed by atoms with Crippen molar-refractivity contribution < 1.29 is 4.79 Å². The Labute approximate surface area is 113 Å².